The van der Waals surface area contributed by atoms with Crippen molar-refractivity contribution in [3.63, 3.8) is 0 Å². The van der Waals surface area contributed by atoms with Gasteiger partial charge in [-0.15, -0.1) is 0 Å². The summed E-state index contributed by atoms with van der Waals surface area (Å²) in [7, 11) is 0. The van der Waals surface area contributed by atoms with Gasteiger partial charge in [-0.2, -0.15) is 0 Å². The molecule has 18 heavy (non-hydrogen) atoms. The molecule has 0 aromatic rings. The van der Waals surface area contributed by atoms with Gasteiger partial charge >= 0.3 is 5.97 Å². The topological polar surface area (TPSA) is 66.8 Å². The second-order valence-corrected chi connectivity index (χ2v) is 6.81. The molecule has 0 heterocycles. The van der Waals surface area contributed by atoms with Gasteiger partial charge in [0.2, 0.25) is 0 Å². The zero-order chi connectivity index (χ0) is 13.2. The average molecular weight is 252 g/mol. The van der Waals surface area contributed by atoms with Crippen molar-refractivity contribution < 1.29 is 19.7 Å². The van der Waals surface area contributed by atoms with Gasteiger partial charge in [-0.05, 0) is 32.1 Å². The van der Waals surface area contributed by atoms with E-state index in [4.69, 9.17) is 4.74 Å². The SMILES string of the molecule is C=C(C)C(=O)OC12CC3CC(O)(CC(O)(C3)C1)C2. The molecule has 100 valence electrons. The molecule has 4 aliphatic carbocycles. The minimum absolute atomic E-state index is 0.258. The summed E-state index contributed by atoms with van der Waals surface area (Å²) in [6.45, 7) is 5.21. The van der Waals surface area contributed by atoms with Crippen molar-refractivity contribution in [3.8, 4) is 0 Å². The monoisotopic (exact) mass is 252 g/mol. The molecule has 2 N–H and O–H groups in total. The fourth-order valence-corrected chi connectivity index (χ4v) is 4.65. The number of carbonyl (C=O) groups excluding carboxylic acids is 1. The molecular weight excluding hydrogens is 232 g/mol. The summed E-state index contributed by atoms with van der Waals surface area (Å²) in [5, 5.41) is 21.0. The molecule has 4 saturated carbocycles. The molecule has 4 bridgehead atoms. The van der Waals surface area contributed by atoms with Crippen LogP contribution in [0.5, 0.6) is 0 Å². The molecule has 4 heteroatoms. The van der Waals surface area contributed by atoms with Crippen LogP contribution in [0.1, 0.15) is 45.4 Å². The van der Waals surface area contributed by atoms with E-state index in [1.165, 1.54) is 0 Å². The lowest BCUT2D eigenvalue weighted by Crippen LogP contribution is -2.66. The van der Waals surface area contributed by atoms with E-state index >= 15 is 0 Å². The molecule has 2 unspecified atom stereocenters. The van der Waals surface area contributed by atoms with Crippen LogP contribution in [0.4, 0.5) is 0 Å². The van der Waals surface area contributed by atoms with E-state index in [1.54, 1.807) is 6.92 Å². The van der Waals surface area contributed by atoms with E-state index in [-0.39, 0.29) is 5.92 Å². The molecule has 0 saturated heterocycles. The standard InChI is InChI=1S/C14H20O4/c1-9(2)11(15)18-14-5-10-3-12(16,7-14)6-13(17,4-10)8-14/h10,16-17H,1,3-8H2,2H3. The van der Waals surface area contributed by atoms with Crippen molar-refractivity contribution in [2.45, 2.75) is 62.3 Å². The number of carbonyl (C=O) groups is 1. The Balaban J connectivity index is 1.89. The zero-order valence-electron chi connectivity index (χ0n) is 10.7. The normalized spacial score (nSPS) is 49.2. The summed E-state index contributed by atoms with van der Waals surface area (Å²) in [6.07, 6.45) is 3.54. The van der Waals surface area contributed by atoms with Crippen molar-refractivity contribution >= 4 is 5.97 Å². The maximum absolute atomic E-state index is 11.8. The van der Waals surface area contributed by atoms with Crippen molar-refractivity contribution in [3.05, 3.63) is 12.2 Å². The molecule has 4 aliphatic rings. The van der Waals surface area contributed by atoms with E-state index in [9.17, 15) is 15.0 Å². The summed E-state index contributed by atoms with van der Waals surface area (Å²) < 4.78 is 5.58. The molecular formula is C14H20O4. The van der Waals surface area contributed by atoms with Crippen LogP contribution < -0.4 is 0 Å². The Morgan fingerprint density at radius 3 is 2.17 bits per heavy atom. The Kier molecular flexibility index (Phi) is 2.28. The van der Waals surface area contributed by atoms with Gasteiger partial charge < -0.3 is 14.9 Å². The molecule has 2 atom stereocenters. The van der Waals surface area contributed by atoms with Crippen LogP contribution in [0.25, 0.3) is 0 Å². The van der Waals surface area contributed by atoms with Crippen LogP contribution in [0.3, 0.4) is 0 Å². The van der Waals surface area contributed by atoms with Crippen LogP contribution in [-0.4, -0.2) is 33.0 Å². The van der Waals surface area contributed by atoms with Crippen molar-refractivity contribution in [1.82, 2.24) is 0 Å². The predicted octanol–water partition coefficient (Wildman–Crippen LogP) is 1.30. The van der Waals surface area contributed by atoms with Gasteiger partial charge in [0.05, 0.1) is 11.2 Å². The van der Waals surface area contributed by atoms with Gasteiger partial charge in [0.25, 0.3) is 0 Å². The van der Waals surface area contributed by atoms with Crippen LogP contribution >= 0.6 is 0 Å². The number of rotatable bonds is 2. The second-order valence-electron chi connectivity index (χ2n) is 6.81. The third-order valence-corrected chi connectivity index (χ3v) is 4.62. The Hall–Kier alpha value is -0.870. The maximum Gasteiger partial charge on any atom is 0.333 e. The lowest BCUT2D eigenvalue weighted by atomic mass is 9.50. The number of ether oxygens (including phenoxy) is 1. The summed E-state index contributed by atoms with van der Waals surface area (Å²) in [5.41, 5.74) is -2.03. The van der Waals surface area contributed by atoms with Crippen molar-refractivity contribution in [1.29, 1.82) is 0 Å². The second kappa shape index (κ2) is 3.36. The highest BCUT2D eigenvalue weighted by atomic mass is 16.6. The zero-order valence-corrected chi connectivity index (χ0v) is 10.7. The van der Waals surface area contributed by atoms with Crippen LogP contribution in [0, 0.1) is 5.92 Å². The summed E-state index contributed by atoms with van der Waals surface area (Å²) in [6, 6.07) is 0. The summed E-state index contributed by atoms with van der Waals surface area (Å²) >= 11 is 0. The number of hydrogen-bond acceptors (Lipinski definition) is 4. The highest BCUT2D eigenvalue weighted by Gasteiger charge is 2.64. The fourth-order valence-electron chi connectivity index (χ4n) is 4.65. The first-order valence-corrected chi connectivity index (χ1v) is 6.57. The molecule has 0 spiro atoms. The molecule has 4 fully saturated rings. The van der Waals surface area contributed by atoms with Gasteiger partial charge in [-0.1, -0.05) is 6.58 Å². The highest BCUT2D eigenvalue weighted by Crippen LogP contribution is 2.60. The Morgan fingerprint density at radius 1 is 1.17 bits per heavy atom. The third kappa shape index (κ3) is 1.79. The number of hydrogen-bond donors (Lipinski definition) is 2. The Bertz CT molecular complexity index is 410. The predicted molar refractivity (Wildman–Crippen MR) is 64.7 cm³/mol. The van der Waals surface area contributed by atoms with Crippen LogP contribution in [0.2, 0.25) is 0 Å². The van der Waals surface area contributed by atoms with Gasteiger partial charge in [-0.3, -0.25) is 0 Å². The van der Waals surface area contributed by atoms with E-state index in [2.05, 4.69) is 6.58 Å². The van der Waals surface area contributed by atoms with E-state index in [1.807, 2.05) is 0 Å². The Morgan fingerprint density at radius 2 is 1.72 bits per heavy atom. The molecule has 4 rings (SSSR count). The summed E-state index contributed by atoms with van der Waals surface area (Å²) in [5.74, 6) is -0.154. The van der Waals surface area contributed by atoms with Crippen molar-refractivity contribution in [2.75, 3.05) is 0 Å². The third-order valence-electron chi connectivity index (χ3n) is 4.62. The first-order chi connectivity index (χ1) is 8.23. The number of aliphatic hydroxyl groups is 2. The number of esters is 1. The first-order valence-electron chi connectivity index (χ1n) is 6.57. The minimum Gasteiger partial charge on any atom is -0.455 e. The van der Waals surface area contributed by atoms with E-state index < -0.39 is 22.8 Å². The summed E-state index contributed by atoms with van der Waals surface area (Å²) in [4.78, 5) is 11.8. The average Bonchev–Trinajstić information content (AvgIpc) is 2.09. The van der Waals surface area contributed by atoms with Crippen LogP contribution in [0.15, 0.2) is 12.2 Å². The van der Waals surface area contributed by atoms with Gasteiger partial charge in [0.15, 0.2) is 0 Å². The van der Waals surface area contributed by atoms with E-state index in [0.29, 0.717) is 24.8 Å². The van der Waals surface area contributed by atoms with Gasteiger partial charge in [0, 0.05) is 24.8 Å². The lowest BCUT2D eigenvalue weighted by Gasteiger charge is -2.62. The maximum atomic E-state index is 11.8. The lowest BCUT2D eigenvalue weighted by molar-refractivity contribution is -0.259. The highest BCUT2D eigenvalue weighted by molar-refractivity contribution is 5.87. The minimum atomic E-state index is -0.858. The quantitative estimate of drug-likeness (QED) is 0.574. The first kappa shape index (κ1) is 12.2. The van der Waals surface area contributed by atoms with Crippen molar-refractivity contribution in [2.24, 2.45) is 5.92 Å². The molecule has 0 radical (unpaired) electrons. The fraction of sp³-hybridized carbons (Fsp3) is 0.786. The van der Waals surface area contributed by atoms with Crippen LogP contribution in [-0.2, 0) is 9.53 Å². The smallest absolute Gasteiger partial charge is 0.333 e. The van der Waals surface area contributed by atoms with Gasteiger partial charge in [-0.25, -0.2) is 4.79 Å². The molecule has 0 aromatic heterocycles. The molecule has 0 aliphatic heterocycles. The Labute approximate surface area is 107 Å². The van der Waals surface area contributed by atoms with E-state index in [0.717, 1.165) is 19.3 Å². The molecule has 4 nitrogen and oxygen atoms in total. The largest absolute Gasteiger partial charge is 0.455 e. The molecule has 0 aromatic carbocycles. The van der Waals surface area contributed by atoms with Gasteiger partial charge in [0.1, 0.15) is 5.60 Å². The molecule has 0 amide bonds.